The Morgan fingerprint density at radius 3 is 0.894 bits per heavy atom. The molecule has 0 aromatic heterocycles. The summed E-state index contributed by atoms with van der Waals surface area (Å²) in [5.74, 6) is -0.889. The predicted octanol–water partition coefficient (Wildman–Crippen LogP) is 19.0. The molecule has 0 amide bonds. The van der Waals surface area contributed by atoms with Crippen molar-refractivity contribution in [3.63, 3.8) is 0 Å². The van der Waals surface area contributed by atoms with E-state index < -0.39 is 6.10 Å². The second kappa shape index (κ2) is 55.0. The van der Waals surface area contributed by atoms with Gasteiger partial charge in [-0.3, -0.25) is 14.4 Å². The molecule has 66 heavy (non-hydrogen) atoms. The van der Waals surface area contributed by atoms with Crippen molar-refractivity contribution >= 4 is 17.9 Å². The van der Waals surface area contributed by atoms with Crippen LogP contribution >= 0.6 is 0 Å². The van der Waals surface area contributed by atoms with E-state index in [1.165, 1.54) is 173 Å². The van der Waals surface area contributed by atoms with E-state index in [1.807, 2.05) is 0 Å². The smallest absolute Gasteiger partial charge is 0.306 e. The maximum Gasteiger partial charge on any atom is 0.306 e. The van der Waals surface area contributed by atoms with Gasteiger partial charge in [0.25, 0.3) is 0 Å². The average molecular weight is 926 g/mol. The Labute approximate surface area is 409 Å². The molecule has 0 N–H and O–H groups in total. The lowest BCUT2D eigenvalue weighted by Crippen LogP contribution is -2.30. The molecule has 0 aliphatic rings. The topological polar surface area (TPSA) is 78.9 Å². The molecule has 0 aromatic carbocycles. The van der Waals surface area contributed by atoms with Crippen molar-refractivity contribution in [2.24, 2.45) is 0 Å². The predicted molar refractivity (Wildman–Crippen MR) is 284 cm³/mol. The van der Waals surface area contributed by atoms with E-state index in [2.05, 4.69) is 69.4 Å². The highest BCUT2D eigenvalue weighted by Gasteiger charge is 2.19. The van der Waals surface area contributed by atoms with Crippen LogP contribution in [0.15, 0.2) is 48.6 Å². The van der Waals surface area contributed by atoms with Crippen molar-refractivity contribution in [1.82, 2.24) is 0 Å². The van der Waals surface area contributed by atoms with Gasteiger partial charge < -0.3 is 14.2 Å². The lowest BCUT2D eigenvalue weighted by atomic mass is 10.0. The van der Waals surface area contributed by atoms with Gasteiger partial charge in [-0.2, -0.15) is 0 Å². The van der Waals surface area contributed by atoms with Crippen LogP contribution in [0.3, 0.4) is 0 Å². The Morgan fingerprint density at radius 1 is 0.303 bits per heavy atom. The molecule has 6 heteroatoms. The molecule has 0 aromatic rings. The molecule has 0 heterocycles. The average Bonchev–Trinajstić information content (AvgIpc) is 3.31. The molecule has 1 unspecified atom stereocenters. The Kier molecular flexibility index (Phi) is 52.8. The van der Waals surface area contributed by atoms with Gasteiger partial charge in [0.2, 0.25) is 0 Å². The number of hydrogen-bond acceptors (Lipinski definition) is 6. The maximum atomic E-state index is 12.8. The highest BCUT2D eigenvalue weighted by Crippen LogP contribution is 2.15. The summed E-state index contributed by atoms with van der Waals surface area (Å²) in [6, 6.07) is 0. The normalized spacial score (nSPS) is 12.3. The van der Waals surface area contributed by atoms with Crippen LogP contribution in [0.1, 0.15) is 297 Å². The monoisotopic (exact) mass is 925 g/mol. The third kappa shape index (κ3) is 52.3. The molecule has 0 spiro atoms. The number of esters is 3. The zero-order valence-corrected chi connectivity index (χ0v) is 44.0. The molecule has 0 saturated heterocycles. The third-order valence-electron chi connectivity index (χ3n) is 12.5. The molecule has 0 bridgehead atoms. The first kappa shape index (κ1) is 63.4. The fraction of sp³-hybridized carbons (Fsp3) is 0.817. The Balaban J connectivity index is 4.27. The minimum atomic E-state index is -0.780. The van der Waals surface area contributed by atoms with Crippen LogP contribution in [0.2, 0.25) is 0 Å². The Morgan fingerprint density at radius 2 is 0.545 bits per heavy atom. The Hall–Kier alpha value is -2.63. The summed E-state index contributed by atoms with van der Waals surface area (Å²) in [4.78, 5) is 38.1. The first-order valence-electron chi connectivity index (χ1n) is 28.6. The quantitative estimate of drug-likeness (QED) is 0.0262. The number of allylic oxidation sites excluding steroid dienone is 8. The van der Waals surface area contributed by atoms with Crippen LogP contribution in [0.25, 0.3) is 0 Å². The number of hydrogen-bond donors (Lipinski definition) is 0. The van der Waals surface area contributed by atoms with Crippen molar-refractivity contribution in [3.05, 3.63) is 48.6 Å². The molecule has 0 aliphatic carbocycles. The van der Waals surface area contributed by atoms with Gasteiger partial charge in [0.15, 0.2) is 6.10 Å². The molecule has 1 atom stereocenters. The molecule has 384 valence electrons. The van der Waals surface area contributed by atoms with Crippen LogP contribution in [0.5, 0.6) is 0 Å². The summed E-state index contributed by atoms with van der Waals surface area (Å²) in [5, 5.41) is 0. The van der Waals surface area contributed by atoms with Crippen molar-refractivity contribution < 1.29 is 28.6 Å². The maximum absolute atomic E-state index is 12.8. The number of carbonyl (C=O) groups is 3. The third-order valence-corrected chi connectivity index (χ3v) is 12.5. The second-order valence-corrected chi connectivity index (χ2v) is 19.2. The van der Waals surface area contributed by atoms with Gasteiger partial charge in [0, 0.05) is 19.3 Å². The summed E-state index contributed by atoms with van der Waals surface area (Å²) in [5.41, 5.74) is 0. The van der Waals surface area contributed by atoms with Gasteiger partial charge in [-0.25, -0.2) is 0 Å². The van der Waals surface area contributed by atoms with Crippen LogP contribution < -0.4 is 0 Å². The largest absolute Gasteiger partial charge is 0.462 e. The van der Waals surface area contributed by atoms with E-state index in [9.17, 15) is 14.4 Å². The Bertz CT molecular complexity index is 1150. The van der Waals surface area contributed by atoms with Gasteiger partial charge in [-0.05, 0) is 103 Å². The molecule has 0 saturated carbocycles. The van der Waals surface area contributed by atoms with E-state index in [1.54, 1.807) is 0 Å². The lowest BCUT2D eigenvalue weighted by molar-refractivity contribution is -0.167. The standard InChI is InChI=1S/C60H108O6/c1-4-7-10-13-16-19-22-25-26-27-28-29-30-31-32-33-34-36-38-41-44-47-50-53-59(62)65-56-57(55-64-58(61)52-49-46-43-40-37-24-21-18-15-12-9-6-3)66-60(63)54-51-48-45-42-39-35-23-20-17-14-11-8-5-2/h18,20-23,25,27-28,57H,4-17,19,24,26,29-56H2,1-3H3/b21-18-,23-20-,25-22-,28-27-. The molecular formula is C60H108O6. The summed E-state index contributed by atoms with van der Waals surface area (Å²) in [6.07, 6.45) is 66.7. The van der Waals surface area contributed by atoms with Gasteiger partial charge in [0.1, 0.15) is 13.2 Å². The van der Waals surface area contributed by atoms with Crippen LogP contribution in [0, 0.1) is 0 Å². The number of rotatable bonds is 52. The summed E-state index contributed by atoms with van der Waals surface area (Å²) in [6.45, 7) is 6.60. The highest BCUT2D eigenvalue weighted by atomic mass is 16.6. The van der Waals surface area contributed by atoms with E-state index in [0.29, 0.717) is 19.3 Å². The van der Waals surface area contributed by atoms with E-state index in [-0.39, 0.29) is 31.1 Å². The molecule has 0 fully saturated rings. The van der Waals surface area contributed by atoms with Gasteiger partial charge in [-0.15, -0.1) is 0 Å². The highest BCUT2D eigenvalue weighted by molar-refractivity contribution is 5.71. The molecule has 6 nitrogen and oxygen atoms in total. The van der Waals surface area contributed by atoms with Crippen LogP contribution in [0.4, 0.5) is 0 Å². The van der Waals surface area contributed by atoms with Gasteiger partial charge >= 0.3 is 17.9 Å². The van der Waals surface area contributed by atoms with Crippen molar-refractivity contribution in [2.75, 3.05) is 13.2 Å². The van der Waals surface area contributed by atoms with E-state index in [4.69, 9.17) is 14.2 Å². The minimum Gasteiger partial charge on any atom is -0.462 e. The first-order chi connectivity index (χ1) is 32.5. The number of ether oxygens (including phenoxy) is 3. The zero-order valence-electron chi connectivity index (χ0n) is 44.0. The number of carbonyl (C=O) groups excluding carboxylic acids is 3. The van der Waals surface area contributed by atoms with E-state index in [0.717, 1.165) is 83.5 Å². The van der Waals surface area contributed by atoms with Crippen LogP contribution in [-0.2, 0) is 28.6 Å². The van der Waals surface area contributed by atoms with Crippen molar-refractivity contribution in [3.8, 4) is 0 Å². The van der Waals surface area contributed by atoms with Crippen molar-refractivity contribution in [1.29, 1.82) is 0 Å². The summed E-state index contributed by atoms with van der Waals surface area (Å²) < 4.78 is 16.8. The zero-order chi connectivity index (χ0) is 47.9. The molecule has 0 aliphatic heterocycles. The van der Waals surface area contributed by atoms with Crippen LogP contribution in [-0.4, -0.2) is 37.2 Å². The lowest BCUT2D eigenvalue weighted by Gasteiger charge is -2.18. The second-order valence-electron chi connectivity index (χ2n) is 19.2. The molecule has 0 rings (SSSR count). The van der Waals surface area contributed by atoms with Gasteiger partial charge in [-0.1, -0.05) is 223 Å². The SMILES string of the molecule is CCCCC/C=C\CCCCCCCC(=O)OCC(COC(=O)CCCCCCCCCCCCC/C=C\C/C=C\CCCCCCC)OC(=O)CCCCCCC/C=C\CCCCCC. The van der Waals surface area contributed by atoms with E-state index >= 15 is 0 Å². The minimum absolute atomic E-state index is 0.0787. The van der Waals surface area contributed by atoms with Crippen molar-refractivity contribution in [2.45, 2.75) is 303 Å². The molecular weight excluding hydrogens is 817 g/mol. The fourth-order valence-corrected chi connectivity index (χ4v) is 8.17. The fourth-order valence-electron chi connectivity index (χ4n) is 8.17. The van der Waals surface area contributed by atoms with Gasteiger partial charge in [0.05, 0.1) is 0 Å². The summed E-state index contributed by atoms with van der Waals surface area (Å²) >= 11 is 0. The first-order valence-corrected chi connectivity index (χ1v) is 28.6. The molecule has 0 radical (unpaired) electrons. The summed E-state index contributed by atoms with van der Waals surface area (Å²) in [7, 11) is 0. The number of unbranched alkanes of at least 4 members (excludes halogenated alkanes) is 33.